The summed E-state index contributed by atoms with van der Waals surface area (Å²) >= 11 is 0. The van der Waals surface area contributed by atoms with Crippen LogP contribution in [0.1, 0.15) is 24.9 Å². The number of hydrogen-bond acceptors (Lipinski definition) is 4. The highest BCUT2D eigenvalue weighted by Crippen LogP contribution is 2.37. The lowest BCUT2D eigenvalue weighted by Crippen LogP contribution is -2.32. The summed E-state index contributed by atoms with van der Waals surface area (Å²) in [6, 6.07) is 8.71. The lowest BCUT2D eigenvalue weighted by atomic mass is 9.97. The van der Waals surface area contributed by atoms with E-state index in [1.54, 1.807) is 0 Å². The van der Waals surface area contributed by atoms with Crippen molar-refractivity contribution in [1.29, 1.82) is 0 Å². The molecule has 1 aliphatic heterocycles. The molecule has 20 heavy (non-hydrogen) atoms. The number of nitrogens with two attached hydrogens (primary N) is 1. The fourth-order valence-corrected chi connectivity index (χ4v) is 2.49. The molecule has 1 atom stereocenters. The summed E-state index contributed by atoms with van der Waals surface area (Å²) in [4.78, 5) is 25.4. The number of benzene rings is 1. The third kappa shape index (κ3) is 2.44. The van der Waals surface area contributed by atoms with Crippen molar-refractivity contribution >= 4 is 11.7 Å². The number of Topliss-reactive ketones (excluding diaryl/α,β-unsaturated/α-hetero) is 1. The zero-order chi connectivity index (χ0) is 14.7. The third-order valence-electron chi connectivity index (χ3n) is 3.40. The van der Waals surface area contributed by atoms with Crippen molar-refractivity contribution in [3.8, 4) is 0 Å². The smallest absolute Gasteiger partial charge is 0.290 e. The van der Waals surface area contributed by atoms with Crippen LogP contribution in [0, 0.1) is 0 Å². The molecule has 1 aromatic carbocycles. The predicted octanol–water partition coefficient (Wildman–Crippen LogP) is 1.32. The van der Waals surface area contributed by atoms with Crippen LogP contribution in [0.5, 0.6) is 0 Å². The maximum absolute atomic E-state index is 12.1. The lowest BCUT2D eigenvalue weighted by Gasteiger charge is -2.26. The molecule has 0 aromatic heterocycles. The van der Waals surface area contributed by atoms with Gasteiger partial charge in [0.2, 0.25) is 0 Å². The molecule has 3 N–H and O–H groups in total. The van der Waals surface area contributed by atoms with Crippen molar-refractivity contribution in [3.05, 3.63) is 47.2 Å². The zero-order valence-electron chi connectivity index (χ0n) is 11.4. The van der Waals surface area contributed by atoms with Gasteiger partial charge in [0.1, 0.15) is 0 Å². The number of nitrogens with zero attached hydrogens (tertiary/aromatic N) is 1. The van der Waals surface area contributed by atoms with Gasteiger partial charge in [0.25, 0.3) is 5.91 Å². The molecule has 1 aliphatic rings. The van der Waals surface area contributed by atoms with Crippen molar-refractivity contribution in [1.82, 2.24) is 4.90 Å². The van der Waals surface area contributed by atoms with Crippen LogP contribution in [-0.4, -0.2) is 34.8 Å². The fraction of sp³-hybridized carbons (Fsp3) is 0.333. The van der Waals surface area contributed by atoms with Gasteiger partial charge in [-0.1, -0.05) is 30.3 Å². The average Bonchev–Trinajstić information content (AvgIpc) is 2.70. The zero-order valence-corrected chi connectivity index (χ0v) is 11.4. The maximum atomic E-state index is 12.1. The Kier molecular flexibility index (Phi) is 4.20. The Morgan fingerprint density at radius 3 is 2.55 bits per heavy atom. The summed E-state index contributed by atoms with van der Waals surface area (Å²) in [5.74, 6) is -1.24. The van der Waals surface area contributed by atoms with Gasteiger partial charge in [-0.05, 0) is 25.5 Å². The van der Waals surface area contributed by atoms with Crippen LogP contribution in [0.2, 0.25) is 0 Å². The lowest BCUT2D eigenvalue weighted by molar-refractivity contribution is -0.129. The quantitative estimate of drug-likeness (QED) is 0.848. The van der Waals surface area contributed by atoms with Gasteiger partial charge in [-0.25, -0.2) is 0 Å². The van der Waals surface area contributed by atoms with E-state index in [0.29, 0.717) is 19.5 Å². The number of carbonyl (C=O) groups excluding carboxylic acids is 2. The molecule has 106 valence electrons. The van der Waals surface area contributed by atoms with Gasteiger partial charge in [-0.3, -0.25) is 9.59 Å². The van der Waals surface area contributed by atoms with Crippen molar-refractivity contribution in [2.24, 2.45) is 5.73 Å². The van der Waals surface area contributed by atoms with Crippen molar-refractivity contribution < 1.29 is 14.7 Å². The predicted molar refractivity (Wildman–Crippen MR) is 74.9 cm³/mol. The molecule has 0 radical (unpaired) electrons. The Labute approximate surface area is 117 Å². The van der Waals surface area contributed by atoms with Crippen molar-refractivity contribution in [2.75, 3.05) is 13.1 Å². The van der Waals surface area contributed by atoms with Gasteiger partial charge < -0.3 is 15.7 Å². The molecule has 5 nitrogen and oxygen atoms in total. The molecule has 1 aromatic rings. The second-order valence-electron chi connectivity index (χ2n) is 4.77. The normalized spacial score (nSPS) is 18.8. The van der Waals surface area contributed by atoms with Crippen LogP contribution in [0.15, 0.2) is 41.7 Å². The number of aliphatic hydroxyl groups is 1. The molecule has 2 rings (SSSR count). The molecule has 0 saturated heterocycles. The van der Waals surface area contributed by atoms with Gasteiger partial charge in [-0.15, -0.1) is 0 Å². The summed E-state index contributed by atoms with van der Waals surface area (Å²) in [6.45, 7) is 2.22. The second kappa shape index (κ2) is 5.88. The van der Waals surface area contributed by atoms with E-state index >= 15 is 0 Å². The van der Waals surface area contributed by atoms with E-state index in [-0.39, 0.29) is 11.4 Å². The Hall–Kier alpha value is -2.14. The monoisotopic (exact) mass is 274 g/mol. The van der Waals surface area contributed by atoms with E-state index in [9.17, 15) is 14.7 Å². The van der Waals surface area contributed by atoms with Gasteiger partial charge >= 0.3 is 0 Å². The molecule has 0 fully saturated rings. The summed E-state index contributed by atoms with van der Waals surface area (Å²) in [6.07, 6.45) is 0.619. The van der Waals surface area contributed by atoms with Crippen LogP contribution in [0.3, 0.4) is 0 Å². The van der Waals surface area contributed by atoms with E-state index < -0.39 is 17.7 Å². The van der Waals surface area contributed by atoms with Crippen molar-refractivity contribution in [3.63, 3.8) is 0 Å². The van der Waals surface area contributed by atoms with Crippen LogP contribution >= 0.6 is 0 Å². The molecule has 0 saturated carbocycles. The molecule has 1 amide bonds. The summed E-state index contributed by atoms with van der Waals surface area (Å²) in [5, 5.41) is 9.97. The Bertz CT molecular complexity index is 551. The summed E-state index contributed by atoms with van der Waals surface area (Å²) in [5.41, 5.74) is 6.46. The number of rotatable bonds is 5. The van der Waals surface area contributed by atoms with E-state index in [1.165, 1.54) is 11.8 Å². The molecule has 0 spiro atoms. The molecular formula is C15H18N2O3. The first kappa shape index (κ1) is 14.3. The first-order valence-corrected chi connectivity index (χ1v) is 6.58. The summed E-state index contributed by atoms with van der Waals surface area (Å²) < 4.78 is 0. The number of ketones is 1. The second-order valence-corrected chi connectivity index (χ2v) is 4.77. The minimum Gasteiger partial charge on any atom is -0.503 e. The first-order chi connectivity index (χ1) is 9.57. The van der Waals surface area contributed by atoms with Gasteiger partial charge in [0, 0.05) is 6.54 Å². The molecule has 0 aliphatic carbocycles. The number of aliphatic hydroxyl groups excluding tert-OH is 1. The van der Waals surface area contributed by atoms with Crippen LogP contribution < -0.4 is 5.73 Å². The minimum absolute atomic E-state index is 0.165. The summed E-state index contributed by atoms with van der Waals surface area (Å²) in [7, 11) is 0. The Morgan fingerprint density at radius 1 is 1.35 bits per heavy atom. The first-order valence-electron chi connectivity index (χ1n) is 6.58. The van der Waals surface area contributed by atoms with Gasteiger partial charge in [0.05, 0.1) is 11.6 Å². The molecule has 0 bridgehead atoms. The minimum atomic E-state index is -0.521. The van der Waals surface area contributed by atoms with Crippen LogP contribution in [0.25, 0.3) is 0 Å². The highest BCUT2D eigenvalue weighted by molar-refractivity contribution is 6.08. The fourth-order valence-electron chi connectivity index (χ4n) is 2.49. The molecule has 1 heterocycles. The topological polar surface area (TPSA) is 83.6 Å². The van der Waals surface area contributed by atoms with Gasteiger partial charge in [-0.2, -0.15) is 0 Å². The molecular weight excluding hydrogens is 256 g/mol. The van der Waals surface area contributed by atoms with E-state index in [0.717, 1.165) is 5.56 Å². The number of hydrogen-bond donors (Lipinski definition) is 2. The molecule has 1 unspecified atom stereocenters. The SMILES string of the molecule is CC(=O)C1=C(O)C(=O)N(CCCN)C1c1ccccc1. The number of carbonyl (C=O) groups is 2. The van der Waals surface area contributed by atoms with E-state index in [1.807, 2.05) is 30.3 Å². The Balaban J connectivity index is 2.45. The van der Waals surface area contributed by atoms with E-state index in [2.05, 4.69) is 0 Å². The third-order valence-corrected chi connectivity index (χ3v) is 3.40. The maximum Gasteiger partial charge on any atom is 0.290 e. The molecule has 5 heteroatoms. The number of amides is 1. The average molecular weight is 274 g/mol. The van der Waals surface area contributed by atoms with Gasteiger partial charge in [0.15, 0.2) is 11.5 Å². The largest absolute Gasteiger partial charge is 0.503 e. The van der Waals surface area contributed by atoms with Crippen LogP contribution in [-0.2, 0) is 9.59 Å². The van der Waals surface area contributed by atoms with Crippen LogP contribution in [0.4, 0.5) is 0 Å². The highest BCUT2D eigenvalue weighted by atomic mass is 16.3. The van der Waals surface area contributed by atoms with Crippen molar-refractivity contribution in [2.45, 2.75) is 19.4 Å². The highest BCUT2D eigenvalue weighted by Gasteiger charge is 2.41. The van der Waals surface area contributed by atoms with E-state index in [4.69, 9.17) is 5.73 Å². The standard InChI is InChI=1S/C15H18N2O3/c1-10(18)12-13(11-6-3-2-4-7-11)17(9-5-8-16)15(20)14(12)19/h2-4,6-7,13,19H,5,8-9,16H2,1H3. The Morgan fingerprint density at radius 2 is 2.00 bits per heavy atom.